The van der Waals surface area contributed by atoms with Gasteiger partial charge in [0.05, 0.1) is 21.3 Å². The van der Waals surface area contributed by atoms with Crippen LogP contribution in [0.25, 0.3) is 0 Å². The molecule has 14 nitrogen and oxygen atoms in total. The Labute approximate surface area is 238 Å². The molecule has 3 heterocycles. The average molecular weight is 693 g/mol. The van der Waals surface area contributed by atoms with Crippen molar-refractivity contribution < 1.29 is 47.0 Å². The number of ether oxygens (including phenoxy) is 4. The highest BCUT2D eigenvalue weighted by atomic mass is 127. The van der Waals surface area contributed by atoms with Gasteiger partial charge in [-0.2, -0.15) is 0 Å². The summed E-state index contributed by atoms with van der Waals surface area (Å²) in [6.45, 7) is 2.19. The minimum absolute atomic E-state index is 0.00526. The normalized spacial score (nSPS) is 17.4. The number of anilines is 2. The second-order valence-electron chi connectivity index (χ2n) is 8.59. The first-order valence-electron chi connectivity index (χ1n) is 11.4. The van der Waals surface area contributed by atoms with Gasteiger partial charge >= 0.3 is 7.82 Å². The lowest BCUT2D eigenvalue weighted by molar-refractivity contribution is -0.133. The number of phosphoric ester groups is 1. The summed E-state index contributed by atoms with van der Waals surface area (Å²) in [4.78, 5) is 40.6. The molecular weight excluding hydrogens is 667 g/mol. The molecule has 216 valence electrons. The van der Waals surface area contributed by atoms with Crippen molar-refractivity contribution in [2.24, 2.45) is 4.99 Å². The minimum atomic E-state index is -4.90. The van der Waals surface area contributed by atoms with E-state index in [1.54, 1.807) is 12.1 Å². The van der Waals surface area contributed by atoms with E-state index in [1.165, 1.54) is 51.4 Å². The topological polar surface area (TPSA) is 173 Å². The molecule has 4 rings (SSSR count). The summed E-state index contributed by atoms with van der Waals surface area (Å²) in [5, 5.41) is 6.11. The SMILES string of the molecule is COc1cc(NC2=IC=C(F)C(=Nc3ccc4c(n3)N(COP(=O)(O)O)C(=O)C(C)(C)O4)N2)cc(OC)c1OC. The van der Waals surface area contributed by atoms with E-state index in [-0.39, 0.29) is 23.2 Å². The van der Waals surface area contributed by atoms with Crippen LogP contribution in [0.5, 0.6) is 23.0 Å². The first kappa shape index (κ1) is 29.7. The van der Waals surface area contributed by atoms with Crippen molar-refractivity contribution in [3.8, 4) is 23.0 Å². The number of carbonyl (C=O) groups excluding carboxylic acids is 1. The fourth-order valence-corrected chi connectivity index (χ4v) is 5.66. The van der Waals surface area contributed by atoms with Gasteiger partial charge in [0.15, 0.2) is 46.1 Å². The third kappa shape index (κ3) is 6.52. The van der Waals surface area contributed by atoms with Crippen LogP contribution in [0.3, 0.4) is 0 Å². The highest BCUT2D eigenvalue weighted by Gasteiger charge is 2.42. The van der Waals surface area contributed by atoms with Crippen molar-refractivity contribution in [1.82, 2.24) is 10.3 Å². The van der Waals surface area contributed by atoms with E-state index >= 15 is 0 Å². The molecule has 2 aliphatic heterocycles. The van der Waals surface area contributed by atoms with Crippen molar-refractivity contribution in [3.05, 3.63) is 34.2 Å². The maximum Gasteiger partial charge on any atom is 0.471 e. The molecule has 0 aliphatic carbocycles. The van der Waals surface area contributed by atoms with E-state index < -0.39 is 52.6 Å². The van der Waals surface area contributed by atoms with Crippen LogP contribution in [0.2, 0.25) is 0 Å². The van der Waals surface area contributed by atoms with Crippen molar-refractivity contribution in [3.63, 3.8) is 0 Å². The first-order chi connectivity index (χ1) is 18.8. The van der Waals surface area contributed by atoms with Gasteiger partial charge in [-0.1, -0.05) is 0 Å². The molecule has 1 aromatic heterocycles. The van der Waals surface area contributed by atoms with Crippen LogP contribution in [0.15, 0.2) is 39.2 Å². The number of aliphatic imine (C=N–C) groups is 1. The van der Waals surface area contributed by atoms with Crippen LogP contribution in [-0.4, -0.2) is 63.9 Å². The van der Waals surface area contributed by atoms with Gasteiger partial charge in [-0.25, -0.2) is 18.9 Å². The van der Waals surface area contributed by atoms with Gasteiger partial charge in [0.2, 0.25) is 5.75 Å². The van der Waals surface area contributed by atoms with Crippen LogP contribution in [0.1, 0.15) is 13.8 Å². The highest BCUT2D eigenvalue weighted by molar-refractivity contribution is 14.2. The number of hydrogen-bond acceptors (Lipinski definition) is 10. The van der Waals surface area contributed by atoms with Gasteiger partial charge < -0.3 is 39.4 Å². The predicted molar refractivity (Wildman–Crippen MR) is 153 cm³/mol. The molecule has 1 aromatic carbocycles. The summed E-state index contributed by atoms with van der Waals surface area (Å²) < 4.78 is 54.4. The number of phosphoric acid groups is 1. The number of rotatable bonds is 9. The fourth-order valence-electron chi connectivity index (χ4n) is 3.63. The lowest BCUT2D eigenvalue weighted by Crippen LogP contribution is -2.53. The zero-order chi connectivity index (χ0) is 29.2. The Kier molecular flexibility index (Phi) is 8.65. The van der Waals surface area contributed by atoms with Crippen molar-refractivity contribution in [1.29, 1.82) is 0 Å². The average Bonchev–Trinajstić information content (AvgIpc) is 2.89. The molecule has 0 fully saturated rings. The Morgan fingerprint density at radius 2 is 1.88 bits per heavy atom. The van der Waals surface area contributed by atoms with Crippen LogP contribution in [0.4, 0.5) is 21.7 Å². The Morgan fingerprint density at radius 1 is 1.20 bits per heavy atom. The number of pyridine rings is 1. The number of halogens is 2. The van der Waals surface area contributed by atoms with E-state index in [4.69, 9.17) is 28.7 Å². The maximum absolute atomic E-state index is 14.8. The molecule has 0 spiro atoms. The summed E-state index contributed by atoms with van der Waals surface area (Å²) in [5.41, 5.74) is -0.760. The minimum Gasteiger partial charge on any atom is -0.493 e. The van der Waals surface area contributed by atoms with Crippen LogP contribution < -0.4 is 34.5 Å². The summed E-state index contributed by atoms with van der Waals surface area (Å²) in [6.07, 6.45) is 0. The molecule has 0 saturated carbocycles. The second-order valence-corrected chi connectivity index (χ2v) is 12.2. The Bertz CT molecular complexity index is 1450. The number of fused-ring (bicyclic) bond motifs is 1. The monoisotopic (exact) mass is 693 g/mol. The zero-order valence-electron chi connectivity index (χ0n) is 21.9. The number of benzene rings is 1. The molecule has 0 saturated heterocycles. The molecule has 17 heteroatoms. The van der Waals surface area contributed by atoms with Gasteiger partial charge in [0.25, 0.3) is 5.91 Å². The van der Waals surface area contributed by atoms with Gasteiger partial charge in [0, 0.05) is 21.9 Å². The maximum atomic E-state index is 14.8. The molecule has 4 N–H and O–H groups in total. The number of methoxy groups -OCH3 is 3. The van der Waals surface area contributed by atoms with Gasteiger partial charge in [-0.05, 0) is 46.7 Å². The third-order valence-corrected chi connectivity index (χ3v) is 7.89. The zero-order valence-corrected chi connectivity index (χ0v) is 24.9. The van der Waals surface area contributed by atoms with Gasteiger partial charge in [-0.3, -0.25) is 14.2 Å². The van der Waals surface area contributed by atoms with Crippen LogP contribution >= 0.6 is 28.6 Å². The molecule has 40 heavy (non-hydrogen) atoms. The lowest BCUT2D eigenvalue weighted by atomic mass is 10.1. The Hall–Kier alpha value is -3.31. The number of aromatic nitrogens is 1. The van der Waals surface area contributed by atoms with E-state index in [0.717, 1.165) is 4.90 Å². The number of carbonyl (C=O) groups is 1. The summed E-state index contributed by atoms with van der Waals surface area (Å²) in [5.74, 6) is -0.0566. The number of nitrogens with one attached hydrogen (secondary N) is 2. The molecule has 0 unspecified atom stereocenters. The first-order valence-corrected chi connectivity index (χ1v) is 15.2. The van der Waals surface area contributed by atoms with E-state index in [2.05, 4.69) is 25.1 Å². The standard InChI is InChI=1S/C23H26FIN5O9P/c1-23(2)21(31)30(11-38-40(32,33)34)20-14(39-23)6-7-17(28-20)27-19-13(24)10-25-22(29-19)26-12-8-15(35-3)18(37-5)16(9-12)36-4/h6-10H,11H2,1-5H3,(H2,32,33,34)(H2,26,27,28,29). The van der Waals surface area contributed by atoms with Gasteiger partial charge in [0.1, 0.15) is 10.5 Å². The number of amidine groups is 1. The second kappa shape index (κ2) is 11.7. The fraction of sp³-hybridized carbons (Fsp3) is 0.304. The van der Waals surface area contributed by atoms with Crippen LogP contribution in [0, 0.1) is 0 Å². The molecule has 2 aromatic rings. The molecule has 1 amide bonds. The Morgan fingerprint density at radius 3 is 2.48 bits per heavy atom. The van der Waals surface area contributed by atoms with Crippen molar-refractivity contribution in [2.45, 2.75) is 19.4 Å². The lowest BCUT2D eigenvalue weighted by Gasteiger charge is -2.37. The summed E-state index contributed by atoms with van der Waals surface area (Å²) >= 11 is -0.931. The molecule has 0 bridgehead atoms. The molecular formula is C23H26FIN5O9P. The van der Waals surface area contributed by atoms with E-state index in [0.29, 0.717) is 26.7 Å². The number of amides is 1. The van der Waals surface area contributed by atoms with Crippen molar-refractivity contribution in [2.75, 3.05) is 38.3 Å². The Balaban J connectivity index is 1.61. The number of nitrogens with zero attached hydrogens (tertiary/aromatic N) is 3. The number of hydrogen-bond donors (Lipinski definition) is 4. The quantitative estimate of drug-likeness (QED) is 0.223. The molecule has 2 aliphatic rings. The molecule has 0 atom stereocenters. The predicted octanol–water partition coefficient (Wildman–Crippen LogP) is 3.29. The van der Waals surface area contributed by atoms with E-state index in [9.17, 15) is 13.8 Å². The highest BCUT2D eigenvalue weighted by Crippen LogP contribution is 2.42. The third-order valence-electron chi connectivity index (χ3n) is 5.42. The summed E-state index contributed by atoms with van der Waals surface area (Å²) in [7, 11) is -0.418. The van der Waals surface area contributed by atoms with Crippen molar-refractivity contribution >= 4 is 61.4 Å². The largest absolute Gasteiger partial charge is 0.493 e. The molecule has 0 radical (unpaired) electrons. The summed E-state index contributed by atoms with van der Waals surface area (Å²) in [6, 6.07) is 6.31. The van der Waals surface area contributed by atoms with E-state index in [1.807, 2.05) is 0 Å². The van der Waals surface area contributed by atoms with Gasteiger partial charge in [-0.15, -0.1) is 0 Å². The smallest absolute Gasteiger partial charge is 0.471 e. The van der Waals surface area contributed by atoms with Crippen LogP contribution in [-0.2, 0) is 13.9 Å².